The Morgan fingerprint density at radius 2 is 2.23 bits per heavy atom. The van der Waals surface area contributed by atoms with E-state index >= 15 is 0 Å². The van der Waals surface area contributed by atoms with Crippen LogP contribution in [0.15, 0.2) is 40.2 Å². The Morgan fingerprint density at radius 1 is 1.45 bits per heavy atom. The Kier molecular flexibility index (Phi) is 5.72. The van der Waals surface area contributed by atoms with Crippen LogP contribution in [-0.4, -0.2) is 19.0 Å². The van der Waals surface area contributed by atoms with Gasteiger partial charge in [0.25, 0.3) is 5.91 Å². The second-order valence-corrected chi connectivity index (χ2v) is 7.68. The molecule has 4 nitrogen and oxygen atoms in total. The van der Waals surface area contributed by atoms with Crippen molar-refractivity contribution in [2.24, 2.45) is 0 Å². The van der Waals surface area contributed by atoms with Crippen molar-refractivity contribution in [2.45, 2.75) is 19.5 Å². The fraction of sp³-hybridized carbons (Fsp3) is 0.250. The number of hydrogen-bond acceptors (Lipinski definition) is 3. The summed E-state index contributed by atoms with van der Waals surface area (Å²) in [4.78, 5) is 14.7. The summed E-state index contributed by atoms with van der Waals surface area (Å²) in [6, 6.07) is 12.9. The summed E-state index contributed by atoms with van der Waals surface area (Å²) in [6.07, 6.45) is 0. The molecule has 2 aromatic rings. The quantitative estimate of drug-likeness (QED) is 0.839. The van der Waals surface area contributed by atoms with Crippen molar-refractivity contribution in [3.05, 3.63) is 50.6 Å². The van der Waals surface area contributed by atoms with Crippen molar-refractivity contribution in [3.63, 3.8) is 0 Å². The van der Waals surface area contributed by atoms with Crippen LogP contribution in [0.3, 0.4) is 0 Å². The van der Waals surface area contributed by atoms with Crippen molar-refractivity contribution in [2.75, 3.05) is 12.4 Å². The van der Waals surface area contributed by atoms with Crippen molar-refractivity contribution in [1.82, 2.24) is 0 Å². The van der Waals surface area contributed by atoms with Crippen LogP contribution in [0.1, 0.15) is 17.4 Å². The molecule has 0 aliphatic heterocycles. The first-order valence-electron chi connectivity index (χ1n) is 6.87. The average molecular weight is 379 g/mol. The van der Waals surface area contributed by atoms with Gasteiger partial charge in [0, 0.05) is 5.69 Å². The van der Waals surface area contributed by atoms with Crippen LogP contribution in [0.25, 0.3) is 0 Å². The maximum absolute atomic E-state index is 12.3. The van der Waals surface area contributed by atoms with Gasteiger partial charge in [-0.25, -0.2) is 0 Å². The summed E-state index contributed by atoms with van der Waals surface area (Å²) in [5.74, 6) is -0.0526. The normalized spacial score (nSPS) is 13.2. The number of thiophene rings is 1. The summed E-state index contributed by atoms with van der Waals surface area (Å²) in [6.45, 7) is 2.70. The monoisotopic (exact) mass is 378 g/mol. The topological polar surface area (TPSA) is 57.3 Å². The molecule has 2 rings (SSSR count). The number of quaternary nitrogens is 1. The van der Waals surface area contributed by atoms with Crippen LogP contribution in [-0.2, 0) is 11.3 Å². The number of anilines is 1. The van der Waals surface area contributed by atoms with Crippen molar-refractivity contribution >= 4 is 38.9 Å². The van der Waals surface area contributed by atoms with Crippen LogP contribution in [0, 0.1) is 11.3 Å². The van der Waals surface area contributed by atoms with Crippen LogP contribution in [0.2, 0.25) is 0 Å². The van der Waals surface area contributed by atoms with Gasteiger partial charge in [0.2, 0.25) is 0 Å². The van der Waals surface area contributed by atoms with E-state index in [9.17, 15) is 4.79 Å². The highest BCUT2D eigenvalue weighted by Crippen LogP contribution is 2.21. The predicted molar refractivity (Wildman–Crippen MR) is 91.9 cm³/mol. The number of likely N-dealkylation sites (N-methyl/N-ethyl adjacent to an activating group) is 1. The molecule has 22 heavy (non-hydrogen) atoms. The van der Waals surface area contributed by atoms with E-state index in [0.717, 1.165) is 15.2 Å². The van der Waals surface area contributed by atoms with E-state index in [0.29, 0.717) is 11.3 Å². The minimum absolute atomic E-state index is 0.0526. The van der Waals surface area contributed by atoms with Gasteiger partial charge in [0.15, 0.2) is 6.04 Å². The smallest absolute Gasteiger partial charge is 0.282 e. The zero-order valence-electron chi connectivity index (χ0n) is 12.4. The molecule has 0 radical (unpaired) electrons. The number of carbonyl (C=O) groups is 1. The highest BCUT2D eigenvalue weighted by Gasteiger charge is 2.22. The maximum Gasteiger partial charge on any atom is 0.282 e. The predicted octanol–water partition coefficient (Wildman–Crippen LogP) is 2.42. The number of rotatable bonds is 5. The number of amides is 1. The number of carbonyl (C=O) groups excluding carboxylic acids is 1. The minimum atomic E-state index is -0.188. The summed E-state index contributed by atoms with van der Waals surface area (Å²) in [5.41, 5.74) is 1.19. The molecule has 1 aromatic carbocycles. The lowest BCUT2D eigenvalue weighted by molar-refractivity contribution is -0.907. The highest BCUT2D eigenvalue weighted by atomic mass is 79.9. The average Bonchev–Trinajstić information content (AvgIpc) is 2.91. The van der Waals surface area contributed by atoms with Crippen LogP contribution >= 0.6 is 27.3 Å². The van der Waals surface area contributed by atoms with E-state index in [1.807, 2.05) is 20.0 Å². The number of nitrogens with zero attached hydrogens (tertiary/aromatic N) is 1. The fourth-order valence-electron chi connectivity index (χ4n) is 2.02. The molecule has 1 heterocycles. The Labute approximate surface area is 142 Å². The Bertz CT molecular complexity index is 707. The zero-order chi connectivity index (χ0) is 16.1. The molecule has 0 spiro atoms. The molecule has 0 bridgehead atoms. The first-order chi connectivity index (χ1) is 10.5. The molecule has 2 N–H and O–H groups in total. The molecular weight excluding hydrogens is 362 g/mol. The van der Waals surface area contributed by atoms with Crippen molar-refractivity contribution in [1.29, 1.82) is 5.26 Å². The molecule has 0 saturated heterocycles. The molecule has 0 aliphatic rings. The van der Waals surface area contributed by atoms with Crippen LogP contribution in [0.5, 0.6) is 0 Å². The lowest BCUT2D eigenvalue weighted by atomic mass is 10.2. The maximum atomic E-state index is 12.3. The first-order valence-corrected chi connectivity index (χ1v) is 8.48. The Morgan fingerprint density at radius 3 is 2.86 bits per heavy atom. The standard InChI is InChI=1S/C16H16BrN3OS/c1-11(20(2)10-14-6-7-15(17)22-14)16(21)19-13-5-3-4-12(8-13)9-18/h3-8,11H,10H2,1-2H3,(H,19,21)/p+1/t11-/m1/s1. The Hall–Kier alpha value is -1.68. The van der Waals surface area contributed by atoms with Gasteiger partial charge in [0.05, 0.1) is 27.3 Å². The summed E-state index contributed by atoms with van der Waals surface area (Å²) < 4.78 is 1.10. The SMILES string of the molecule is C[C@H](C(=O)Nc1cccc(C#N)c1)[NH+](C)Cc1ccc(Br)s1. The second kappa shape index (κ2) is 7.54. The molecule has 1 aromatic heterocycles. The largest absolute Gasteiger partial charge is 0.323 e. The van der Waals surface area contributed by atoms with E-state index in [1.165, 1.54) is 4.88 Å². The number of hydrogen-bond donors (Lipinski definition) is 2. The minimum Gasteiger partial charge on any atom is -0.323 e. The fourth-order valence-corrected chi connectivity index (χ4v) is 3.59. The van der Waals surface area contributed by atoms with Gasteiger partial charge in [0.1, 0.15) is 6.54 Å². The Balaban J connectivity index is 1.97. The third kappa shape index (κ3) is 4.41. The number of nitriles is 1. The van der Waals surface area contributed by atoms with E-state index in [-0.39, 0.29) is 11.9 Å². The van der Waals surface area contributed by atoms with Gasteiger partial charge >= 0.3 is 0 Å². The third-order valence-corrected chi connectivity index (χ3v) is 5.10. The van der Waals surface area contributed by atoms with Gasteiger partial charge in [-0.2, -0.15) is 5.26 Å². The number of halogens is 1. The molecule has 2 atom stereocenters. The zero-order valence-corrected chi connectivity index (χ0v) is 14.8. The highest BCUT2D eigenvalue weighted by molar-refractivity contribution is 9.11. The van der Waals surface area contributed by atoms with Crippen LogP contribution in [0.4, 0.5) is 5.69 Å². The summed E-state index contributed by atoms with van der Waals surface area (Å²) in [7, 11) is 2.00. The molecule has 1 unspecified atom stereocenters. The molecule has 0 aliphatic carbocycles. The first kappa shape index (κ1) is 16.7. The molecule has 0 fully saturated rings. The molecule has 1 amide bonds. The van der Waals surface area contributed by atoms with Gasteiger partial charge < -0.3 is 10.2 Å². The molecular formula is C16H17BrN3OS+. The molecule has 0 saturated carbocycles. The lowest BCUT2D eigenvalue weighted by Gasteiger charge is -2.20. The third-order valence-electron chi connectivity index (χ3n) is 3.47. The second-order valence-electron chi connectivity index (χ2n) is 5.13. The number of benzene rings is 1. The molecule has 6 heteroatoms. The molecule has 114 valence electrons. The van der Waals surface area contributed by atoms with E-state index in [4.69, 9.17) is 5.26 Å². The van der Waals surface area contributed by atoms with E-state index in [2.05, 4.69) is 33.4 Å². The van der Waals surface area contributed by atoms with Gasteiger partial charge in [-0.1, -0.05) is 6.07 Å². The summed E-state index contributed by atoms with van der Waals surface area (Å²) in [5, 5.41) is 11.8. The van der Waals surface area contributed by atoms with Crippen molar-refractivity contribution < 1.29 is 9.69 Å². The van der Waals surface area contributed by atoms with E-state index in [1.54, 1.807) is 35.6 Å². The lowest BCUT2D eigenvalue weighted by Crippen LogP contribution is -3.12. The van der Waals surface area contributed by atoms with E-state index < -0.39 is 0 Å². The van der Waals surface area contributed by atoms with Crippen molar-refractivity contribution in [3.8, 4) is 6.07 Å². The van der Waals surface area contributed by atoms with Gasteiger partial charge in [-0.05, 0) is 53.2 Å². The number of nitrogens with one attached hydrogen (secondary N) is 2. The van der Waals surface area contributed by atoms with Crippen LogP contribution < -0.4 is 10.2 Å². The van der Waals surface area contributed by atoms with Gasteiger partial charge in [-0.15, -0.1) is 11.3 Å². The summed E-state index contributed by atoms with van der Waals surface area (Å²) >= 11 is 5.13. The van der Waals surface area contributed by atoms with Gasteiger partial charge in [-0.3, -0.25) is 4.79 Å².